The first-order chi connectivity index (χ1) is 6.75. The molecule has 0 bridgehead atoms. The third-order valence-electron chi connectivity index (χ3n) is 1.76. The second-order valence-corrected chi connectivity index (χ2v) is 2.83. The molecule has 2 aromatic rings. The number of rotatable bonds is 3. The first-order valence-corrected chi connectivity index (χ1v) is 4.18. The van der Waals surface area contributed by atoms with E-state index in [1.165, 1.54) is 0 Å². The van der Waals surface area contributed by atoms with Gasteiger partial charge in [0.05, 0.1) is 6.42 Å². The van der Waals surface area contributed by atoms with E-state index >= 15 is 0 Å². The molecule has 0 fully saturated rings. The number of carboxylic acids is 1. The Morgan fingerprint density at radius 2 is 2.43 bits per heavy atom. The van der Waals surface area contributed by atoms with Crippen molar-refractivity contribution in [2.24, 2.45) is 0 Å². The fourth-order valence-electron chi connectivity index (χ4n) is 1.13. The van der Waals surface area contributed by atoms with Gasteiger partial charge in [-0.05, 0) is 12.1 Å². The molecule has 0 saturated heterocycles. The van der Waals surface area contributed by atoms with Crippen LogP contribution in [-0.2, 0) is 11.2 Å². The van der Waals surface area contributed by atoms with Gasteiger partial charge >= 0.3 is 5.97 Å². The molecule has 0 saturated carbocycles. The Balaban J connectivity index is 2.22. The first kappa shape index (κ1) is 8.68. The van der Waals surface area contributed by atoms with Gasteiger partial charge in [0.25, 0.3) is 0 Å². The van der Waals surface area contributed by atoms with Crippen LogP contribution in [0.2, 0.25) is 0 Å². The molecule has 14 heavy (non-hydrogen) atoms. The number of nitrogens with zero attached hydrogens (tertiary/aromatic N) is 2. The summed E-state index contributed by atoms with van der Waals surface area (Å²) in [5.74, 6) is -0.443. The van der Waals surface area contributed by atoms with Crippen molar-refractivity contribution in [2.75, 3.05) is 0 Å². The third kappa shape index (κ3) is 1.71. The summed E-state index contributed by atoms with van der Waals surface area (Å²) in [4.78, 5) is 18.3. The molecular weight excluding hydrogens is 184 g/mol. The zero-order valence-electron chi connectivity index (χ0n) is 7.30. The molecular formula is C9H8N2O3. The number of oxazole rings is 1. The quantitative estimate of drug-likeness (QED) is 0.791. The fourth-order valence-corrected chi connectivity index (χ4v) is 1.13. The van der Waals surface area contributed by atoms with Crippen molar-refractivity contribution in [3.8, 4) is 0 Å². The van der Waals surface area contributed by atoms with Gasteiger partial charge in [-0.1, -0.05) is 0 Å². The zero-order valence-corrected chi connectivity index (χ0v) is 7.30. The van der Waals surface area contributed by atoms with E-state index in [2.05, 4.69) is 9.97 Å². The van der Waals surface area contributed by atoms with Gasteiger partial charge in [-0.15, -0.1) is 0 Å². The SMILES string of the molecule is O=C(O)CCc1nc2ncccc2o1. The third-order valence-corrected chi connectivity index (χ3v) is 1.76. The summed E-state index contributed by atoms with van der Waals surface area (Å²) >= 11 is 0. The normalized spacial score (nSPS) is 10.6. The van der Waals surface area contributed by atoms with E-state index < -0.39 is 5.97 Å². The van der Waals surface area contributed by atoms with E-state index in [0.717, 1.165) is 0 Å². The minimum absolute atomic E-state index is 0.0207. The molecule has 1 N–H and O–H groups in total. The minimum Gasteiger partial charge on any atom is -0.481 e. The molecule has 72 valence electrons. The molecule has 2 rings (SSSR count). The average molecular weight is 192 g/mol. The van der Waals surface area contributed by atoms with Crippen LogP contribution in [0.4, 0.5) is 0 Å². The predicted molar refractivity (Wildman–Crippen MR) is 47.8 cm³/mol. The molecule has 0 aliphatic heterocycles. The number of hydrogen-bond acceptors (Lipinski definition) is 4. The summed E-state index contributed by atoms with van der Waals surface area (Å²) < 4.78 is 5.28. The number of carboxylic acid groups (broad SMARTS) is 1. The highest BCUT2D eigenvalue weighted by Crippen LogP contribution is 2.13. The minimum atomic E-state index is -0.861. The summed E-state index contributed by atoms with van der Waals surface area (Å²) in [5, 5.41) is 8.46. The molecule has 5 nitrogen and oxygen atoms in total. The van der Waals surface area contributed by atoms with Crippen molar-refractivity contribution in [3.63, 3.8) is 0 Å². The Morgan fingerprint density at radius 3 is 3.14 bits per heavy atom. The summed E-state index contributed by atoms with van der Waals surface area (Å²) in [5.41, 5.74) is 1.11. The molecule has 2 heterocycles. The molecule has 0 amide bonds. The second kappa shape index (κ2) is 3.45. The van der Waals surface area contributed by atoms with E-state index in [-0.39, 0.29) is 6.42 Å². The zero-order chi connectivity index (χ0) is 9.97. The number of aryl methyl sites for hydroxylation is 1. The van der Waals surface area contributed by atoms with Crippen molar-refractivity contribution in [2.45, 2.75) is 12.8 Å². The van der Waals surface area contributed by atoms with Gasteiger partial charge in [0.2, 0.25) is 0 Å². The molecule has 0 aliphatic carbocycles. The summed E-state index contributed by atoms with van der Waals surface area (Å²) in [6.45, 7) is 0. The number of aromatic nitrogens is 2. The highest BCUT2D eigenvalue weighted by molar-refractivity contribution is 5.68. The highest BCUT2D eigenvalue weighted by atomic mass is 16.4. The van der Waals surface area contributed by atoms with Crippen LogP contribution < -0.4 is 0 Å². The topological polar surface area (TPSA) is 76.2 Å². The van der Waals surface area contributed by atoms with Gasteiger partial charge in [-0.25, -0.2) is 4.98 Å². The first-order valence-electron chi connectivity index (χ1n) is 4.18. The van der Waals surface area contributed by atoms with E-state index in [0.29, 0.717) is 23.5 Å². The van der Waals surface area contributed by atoms with E-state index in [1.54, 1.807) is 18.3 Å². The monoisotopic (exact) mass is 192 g/mol. The maximum Gasteiger partial charge on any atom is 0.303 e. The van der Waals surface area contributed by atoms with Crippen LogP contribution in [0, 0.1) is 0 Å². The molecule has 5 heteroatoms. The Labute approximate surface area is 79.4 Å². The number of fused-ring (bicyclic) bond motifs is 1. The Morgan fingerprint density at radius 1 is 1.57 bits per heavy atom. The van der Waals surface area contributed by atoms with Crippen LogP contribution in [0.25, 0.3) is 11.2 Å². The van der Waals surface area contributed by atoms with Crippen molar-refractivity contribution >= 4 is 17.2 Å². The lowest BCUT2D eigenvalue weighted by molar-refractivity contribution is -0.137. The van der Waals surface area contributed by atoms with Crippen molar-refractivity contribution in [3.05, 3.63) is 24.2 Å². The van der Waals surface area contributed by atoms with Gasteiger partial charge in [0.15, 0.2) is 17.1 Å². The van der Waals surface area contributed by atoms with Crippen LogP contribution in [-0.4, -0.2) is 21.0 Å². The molecule has 2 aromatic heterocycles. The van der Waals surface area contributed by atoms with Crippen LogP contribution in [0.5, 0.6) is 0 Å². The molecule has 0 aromatic carbocycles. The van der Waals surface area contributed by atoms with Crippen molar-refractivity contribution in [1.82, 2.24) is 9.97 Å². The average Bonchev–Trinajstić information content (AvgIpc) is 2.57. The fraction of sp³-hybridized carbons (Fsp3) is 0.222. The van der Waals surface area contributed by atoms with Gasteiger partial charge < -0.3 is 9.52 Å². The molecule has 0 atom stereocenters. The summed E-state index contributed by atoms with van der Waals surface area (Å²) in [7, 11) is 0. The van der Waals surface area contributed by atoms with E-state index in [9.17, 15) is 4.79 Å². The van der Waals surface area contributed by atoms with Crippen LogP contribution >= 0.6 is 0 Å². The highest BCUT2D eigenvalue weighted by Gasteiger charge is 2.07. The van der Waals surface area contributed by atoms with E-state index in [1.807, 2.05) is 0 Å². The van der Waals surface area contributed by atoms with Gasteiger partial charge in [-0.2, -0.15) is 4.98 Å². The number of carbonyl (C=O) groups is 1. The summed E-state index contributed by atoms with van der Waals surface area (Å²) in [6.07, 6.45) is 1.93. The number of pyridine rings is 1. The van der Waals surface area contributed by atoms with Gasteiger partial charge in [0, 0.05) is 12.6 Å². The number of hydrogen-bond donors (Lipinski definition) is 1. The Kier molecular flexibility index (Phi) is 2.14. The van der Waals surface area contributed by atoms with Gasteiger partial charge in [-0.3, -0.25) is 4.79 Å². The maximum absolute atomic E-state index is 10.3. The molecule has 0 aliphatic rings. The predicted octanol–water partition coefficient (Wildman–Crippen LogP) is 1.24. The van der Waals surface area contributed by atoms with Crippen LogP contribution in [0.1, 0.15) is 12.3 Å². The van der Waals surface area contributed by atoms with E-state index in [4.69, 9.17) is 9.52 Å². The number of aliphatic carboxylic acids is 1. The molecule has 0 spiro atoms. The lowest BCUT2D eigenvalue weighted by atomic mass is 10.3. The van der Waals surface area contributed by atoms with Crippen molar-refractivity contribution in [1.29, 1.82) is 0 Å². The Hall–Kier alpha value is -1.91. The standard InChI is InChI=1S/C9H8N2O3/c12-8(13)4-3-7-11-9-6(14-7)2-1-5-10-9/h1-2,5H,3-4H2,(H,12,13). The summed E-state index contributed by atoms with van der Waals surface area (Å²) in [6, 6.07) is 3.49. The Bertz CT molecular complexity index is 431. The lowest BCUT2D eigenvalue weighted by Crippen LogP contribution is -1.97. The van der Waals surface area contributed by atoms with Crippen molar-refractivity contribution < 1.29 is 14.3 Å². The molecule has 0 radical (unpaired) electrons. The van der Waals surface area contributed by atoms with Crippen LogP contribution in [0.15, 0.2) is 22.7 Å². The lowest BCUT2D eigenvalue weighted by Gasteiger charge is -1.88. The largest absolute Gasteiger partial charge is 0.481 e. The second-order valence-electron chi connectivity index (χ2n) is 2.83. The molecule has 0 unspecified atom stereocenters. The van der Waals surface area contributed by atoms with Crippen LogP contribution in [0.3, 0.4) is 0 Å². The smallest absolute Gasteiger partial charge is 0.303 e. The maximum atomic E-state index is 10.3. The van der Waals surface area contributed by atoms with Gasteiger partial charge in [0.1, 0.15) is 0 Å².